The number of anilines is 1. The maximum Gasteiger partial charge on any atom is 0.0387 e. The van der Waals surface area contributed by atoms with Crippen LogP contribution in [0.4, 0.5) is 5.69 Å². The van der Waals surface area contributed by atoms with E-state index in [2.05, 4.69) is 53.3 Å². The van der Waals surface area contributed by atoms with E-state index in [0.717, 1.165) is 6.42 Å². The van der Waals surface area contributed by atoms with Crippen molar-refractivity contribution in [3.05, 3.63) is 28.2 Å². The van der Waals surface area contributed by atoms with Crippen molar-refractivity contribution >= 4 is 21.6 Å². The average molecular weight is 240 g/mol. The molecule has 0 saturated carbocycles. The van der Waals surface area contributed by atoms with E-state index >= 15 is 0 Å². The van der Waals surface area contributed by atoms with Crippen molar-refractivity contribution < 1.29 is 0 Å². The third kappa shape index (κ3) is 1.60. The van der Waals surface area contributed by atoms with E-state index in [1.54, 1.807) is 0 Å². The third-order valence-corrected chi connectivity index (χ3v) is 3.43. The van der Waals surface area contributed by atoms with Gasteiger partial charge in [-0.1, -0.05) is 35.8 Å². The molecular formula is C11H14BrN. The largest absolute Gasteiger partial charge is 0.381 e. The lowest BCUT2D eigenvalue weighted by Crippen LogP contribution is -2.21. The van der Waals surface area contributed by atoms with Crippen molar-refractivity contribution in [2.24, 2.45) is 5.92 Å². The third-order valence-electron chi connectivity index (χ3n) is 2.69. The van der Waals surface area contributed by atoms with Gasteiger partial charge in [0.2, 0.25) is 0 Å². The summed E-state index contributed by atoms with van der Waals surface area (Å²) in [5.74, 6) is 0.694. The number of fused-ring (bicyclic) bond motifs is 1. The number of nitrogens with one attached hydrogen (secondary N) is 1. The molecule has 1 atom stereocenters. The van der Waals surface area contributed by atoms with Gasteiger partial charge in [-0.05, 0) is 30.0 Å². The average Bonchev–Trinajstić information content (AvgIpc) is 2.49. The van der Waals surface area contributed by atoms with Gasteiger partial charge < -0.3 is 5.32 Å². The van der Waals surface area contributed by atoms with E-state index in [0.29, 0.717) is 12.0 Å². The molecule has 13 heavy (non-hydrogen) atoms. The fourth-order valence-corrected chi connectivity index (χ4v) is 2.30. The Labute approximate surface area is 87.7 Å². The van der Waals surface area contributed by atoms with Gasteiger partial charge in [0, 0.05) is 16.2 Å². The number of hydrogen-bond acceptors (Lipinski definition) is 1. The highest BCUT2D eigenvalue weighted by atomic mass is 79.9. The molecule has 70 valence electrons. The van der Waals surface area contributed by atoms with Gasteiger partial charge >= 0.3 is 0 Å². The molecule has 2 rings (SSSR count). The highest BCUT2D eigenvalue weighted by Gasteiger charge is 2.24. The van der Waals surface area contributed by atoms with E-state index in [1.165, 1.54) is 15.7 Å². The van der Waals surface area contributed by atoms with Crippen LogP contribution in [-0.2, 0) is 6.42 Å². The van der Waals surface area contributed by atoms with Crippen LogP contribution in [0.1, 0.15) is 19.4 Å². The second-order valence-electron chi connectivity index (χ2n) is 3.96. The molecular weight excluding hydrogens is 226 g/mol. The van der Waals surface area contributed by atoms with Gasteiger partial charge in [0.05, 0.1) is 0 Å². The van der Waals surface area contributed by atoms with Crippen LogP contribution in [0.2, 0.25) is 0 Å². The van der Waals surface area contributed by atoms with Crippen molar-refractivity contribution in [1.29, 1.82) is 0 Å². The summed E-state index contributed by atoms with van der Waals surface area (Å²) < 4.78 is 1.24. The van der Waals surface area contributed by atoms with Crippen LogP contribution >= 0.6 is 15.9 Å². The molecule has 2 heteroatoms. The molecule has 1 aliphatic rings. The fraction of sp³-hybridized carbons (Fsp3) is 0.455. The van der Waals surface area contributed by atoms with E-state index in [-0.39, 0.29) is 0 Å². The van der Waals surface area contributed by atoms with Crippen LogP contribution in [0.5, 0.6) is 0 Å². The smallest absolute Gasteiger partial charge is 0.0387 e. The second-order valence-corrected chi connectivity index (χ2v) is 4.82. The van der Waals surface area contributed by atoms with Crippen molar-refractivity contribution in [2.75, 3.05) is 5.32 Å². The van der Waals surface area contributed by atoms with Crippen LogP contribution in [-0.4, -0.2) is 6.04 Å². The standard InChI is InChI=1S/C11H14BrN/c1-7(2)11-6-8-9(12)4-3-5-10(8)13-11/h3-5,7,11,13H,6H2,1-2H3. The summed E-state index contributed by atoms with van der Waals surface area (Å²) >= 11 is 3.58. The number of halogens is 1. The van der Waals surface area contributed by atoms with Crippen molar-refractivity contribution in [3.63, 3.8) is 0 Å². The molecule has 1 N–H and O–H groups in total. The molecule has 1 aromatic carbocycles. The van der Waals surface area contributed by atoms with Crippen LogP contribution in [0.3, 0.4) is 0 Å². The zero-order valence-corrected chi connectivity index (χ0v) is 9.56. The molecule has 1 aliphatic heterocycles. The first-order chi connectivity index (χ1) is 6.18. The summed E-state index contributed by atoms with van der Waals surface area (Å²) in [4.78, 5) is 0. The molecule has 0 saturated heterocycles. The van der Waals surface area contributed by atoms with Gasteiger partial charge in [-0.2, -0.15) is 0 Å². The number of hydrogen-bond donors (Lipinski definition) is 1. The molecule has 0 amide bonds. The van der Waals surface area contributed by atoms with Crippen LogP contribution in [0.15, 0.2) is 22.7 Å². The SMILES string of the molecule is CC(C)C1Cc2c(Br)cccc2N1. The molecule has 1 nitrogen and oxygen atoms in total. The van der Waals surface area contributed by atoms with E-state index in [1.807, 2.05) is 0 Å². The molecule has 0 aromatic heterocycles. The highest BCUT2D eigenvalue weighted by molar-refractivity contribution is 9.10. The number of rotatable bonds is 1. The van der Waals surface area contributed by atoms with E-state index in [4.69, 9.17) is 0 Å². The maximum atomic E-state index is 3.58. The predicted octanol–water partition coefficient (Wildman–Crippen LogP) is 3.44. The summed E-state index contributed by atoms with van der Waals surface area (Å²) in [6.45, 7) is 4.52. The lowest BCUT2D eigenvalue weighted by Gasteiger charge is -2.14. The summed E-state index contributed by atoms with van der Waals surface area (Å²) in [5.41, 5.74) is 2.73. The van der Waals surface area contributed by atoms with Gasteiger partial charge in [-0.3, -0.25) is 0 Å². The zero-order valence-electron chi connectivity index (χ0n) is 7.97. The Kier molecular flexibility index (Phi) is 2.33. The minimum absolute atomic E-state index is 0.605. The summed E-state index contributed by atoms with van der Waals surface area (Å²) in [7, 11) is 0. The van der Waals surface area contributed by atoms with Crippen LogP contribution in [0.25, 0.3) is 0 Å². The van der Waals surface area contributed by atoms with E-state index < -0.39 is 0 Å². The monoisotopic (exact) mass is 239 g/mol. The second kappa shape index (κ2) is 3.33. The van der Waals surface area contributed by atoms with Crippen molar-refractivity contribution in [1.82, 2.24) is 0 Å². The Balaban J connectivity index is 2.30. The lowest BCUT2D eigenvalue weighted by atomic mass is 10.0. The molecule has 0 fully saturated rings. The van der Waals surface area contributed by atoms with E-state index in [9.17, 15) is 0 Å². The topological polar surface area (TPSA) is 12.0 Å². The van der Waals surface area contributed by atoms with Crippen molar-refractivity contribution in [2.45, 2.75) is 26.3 Å². The molecule has 0 bridgehead atoms. The van der Waals surface area contributed by atoms with Crippen molar-refractivity contribution in [3.8, 4) is 0 Å². The first-order valence-corrected chi connectivity index (χ1v) is 5.51. The molecule has 0 aliphatic carbocycles. The summed E-state index contributed by atoms with van der Waals surface area (Å²) in [5, 5.41) is 3.54. The Bertz CT molecular complexity index is 320. The quantitative estimate of drug-likeness (QED) is 0.792. The first-order valence-electron chi connectivity index (χ1n) is 4.72. The normalized spacial score (nSPS) is 20.2. The maximum absolute atomic E-state index is 3.58. The molecule has 0 spiro atoms. The Hall–Kier alpha value is -0.500. The summed E-state index contributed by atoms with van der Waals surface area (Å²) in [6.07, 6.45) is 1.15. The number of benzene rings is 1. The summed E-state index contributed by atoms with van der Waals surface area (Å²) in [6, 6.07) is 6.96. The van der Waals surface area contributed by atoms with Gasteiger partial charge in [0.25, 0.3) is 0 Å². The highest BCUT2D eigenvalue weighted by Crippen LogP contribution is 2.33. The molecule has 0 radical (unpaired) electrons. The molecule has 1 unspecified atom stereocenters. The van der Waals surface area contributed by atoms with Gasteiger partial charge in [0.15, 0.2) is 0 Å². The minimum atomic E-state index is 0.605. The minimum Gasteiger partial charge on any atom is -0.381 e. The Morgan fingerprint density at radius 3 is 2.85 bits per heavy atom. The van der Waals surface area contributed by atoms with Gasteiger partial charge in [-0.25, -0.2) is 0 Å². The van der Waals surface area contributed by atoms with Gasteiger partial charge in [-0.15, -0.1) is 0 Å². The predicted molar refractivity (Wildman–Crippen MR) is 60.1 cm³/mol. The van der Waals surface area contributed by atoms with Gasteiger partial charge in [0.1, 0.15) is 0 Å². The van der Waals surface area contributed by atoms with Crippen LogP contribution < -0.4 is 5.32 Å². The first kappa shape index (κ1) is 9.07. The zero-order chi connectivity index (χ0) is 9.42. The van der Waals surface area contributed by atoms with Crippen LogP contribution in [0, 0.1) is 5.92 Å². The fourth-order valence-electron chi connectivity index (χ4n) is 1.77. The Morgan fingerprint density at radius 1 is 1.46 bits per heavy atom. The molecule has 1 heterocycles. The molecule has 1 aromatic rings. The lowest BCUT2D eigenvalue weighted by molar-refractivity contribution is 0.538. The Morgan fingerprint density at radius 2 is 2.23 bits per heavy atom.